The molecule has 144 valence electrons. The molecule has 2 N–H and O–H groups in total. The second kappa shape index (κ2) is 8.73. The van der Waals surface area contributed by atoms with Crippen molar-refractivity contribution < 1.29 is 13.9 Å². The summed E-state index contributed by atoms with van der Waals surface area (Å²) in [5.41, 5.74) is 2.08. The van der Waals surface area contributed by atoms with Crippen LogP contribution in [0.4, 0.5) is 10.1 Å². The highest BCUT2D eigenvalue weighted by Crippen LogP contribution is 2.20. The lowest BCUT2D eigenvalue weighted by molar-refractivity contribution is 0.00840. The lowest BCUT2D eigenvalue weighted by Crippen LogP contribution is -2.52. The van der Waals surface area contributed by atoms with Gasteiger partial charge in [-0.15, -0.1) is 5.10 Å². The Morgan fingerprint density at radius 3 is 2.85 bits per heavy atom. The summed E-state index contributed by atoms with van der Waals surface area (Å²) >= 11 is 0. The molecule has 0 radical (unpaired) electrons. The molecule has 8 heteroatoms. The number of alkyl halides is 1. The fourth-order valence-corrected chi connectivity index (χ4v) is 3.61. The normalized spacial score (nSPS) is 24.5. The molecule has 0 bridgehead atoms. The lowest BCUT2D eigenvalue weighted by atomic mass is 10.00. The monoisotopic (exact) mass is 365 g/mol. The van der Waals surface area contributed by atoms with Gasteiger partial charge >= 0.3 is 0 Å². The number of likely N-dealkylation sites (tertiary alicyclic amines) is 1. The zero-order valence-electron chi connectivity index (χ0n) is 15.5. The molecule has 26 heavy (non-hydrogen) atoms. The zero-order chi connectivity index (χ0) is 18.5. The minimum absolute atomic E-state index is 0.0809. The maximum Gasteiger partial charge on any atom is 0.274 e. The van der Waals surface area contributed by atoms with Gasteiger partial charge in [-0.3, -0.25) is 4.79 Å². The number of aromatic nitrogens is 2. The summed E-state index contributed by atoms with van der Waals surface area (Å²) in [4.78, 5) is 14.6. The van der Waals surface area contributed by atoms with Crippen molar-refractivity contribution in [2.45, 2.75) is 51.4 Å². The molecular weight excluding hydrogens is 337 g/mol. The molecule has 2 saturated heterocycles. The largest absolute Gasteiger partial charge is 0.384 e. The summed E-state index contributed by atoms with van der Waals surface area (Å²) in [6.45, 7) is 6.72. The number of carbonyl (C=O) groups excluding carboxylic acids is 1. The van der Waals surface area contributed by atoms with E-state index in [1.165, 1.54) is 0 Å². The summed E-state index contributed by atoms with van der Waals surface area (Å²) in [7, 11) is 0. The molecule has 0 aromatic carbocycles. The van der Waals surface area contributed by atoms with Crippen LogP contribution in [0, 0.1) is 6.92 Å². The maximum atomic E-state index is 13.9. The molecule has 2 unspecified atom stereocenters. The van der Waals surface area contributed by atoms with E-state index in [2.05, 4.69) is 20.8 Å². The minimum Gasteiger partial charge on any atom is -0.384 e. The Labute approximate surface area is 153 Å². The molecular formula is C18H28FN5O2. The number of hydrogen-bond acceptors (Lipinski definition) is 6. The molecule has 1 aromatic rings. The van der Waals surface area contributed by atoms with Crippen LogP contribution in [0.25, 0.3) is 0 Å². The SMILES string of the molecule is CCNc1cnnc(C(=O)N2CCC(NC3CCOCC3F)CC2)c1C. The maximum absolute atomic E-state index is 13.9. The minimum atomic E-state index is -0.949. The third-order valence-corrected chi connectivity index (χ3v) is 5.19. The van der Waals surface area contributed by atoms with Gasteiger partial charge in [-0.25, -0.2) is 4.39 Å². The number of halogens is 1. The summed E-state index contributed by atoms with van der Waals surface area (Å²) < 4.78 is 19.1. The van der Waals surface area contributed by atoms with E-state index in [0.29, 0.717) is 31.8 Å². The Morgan fingerprint density at radius 1 is 1.38 bits per heavy atom. The van der Waals surface area contributed by atoms with Crippen LogP contribution in [0.3, 0.4) is 0 Å². The highest BCUT2D eigenvalue weighted by molar-refractivity contribution is 5.94. The van der Waals surface area contributed by atoms with Crippen molar-refractivity contribution in [2.75, 3.05) is 38.2 Å². The highest BCUT2D eigenvalue weighted by Gasteiger charge is 2.31. The van der Waals surface area contributed by atoms with Crippen molar-refractivity contribution >= 4 is 11.6 Å². The second-order valence-corrected chi connectivity index (χ2v) is 6.98. The van der Waals surface area contributed by atoms with Crippen LogP contribution >= 0.6 is 0 Å². The molecule has 7 nitrogen and oxygen atoms in total. The van der Waals surface area contributed by atoms with E-state index in [0.717, 1.165) is 30.6 Å². The second-order valence-electron chi connectivity index (χ2n) is 6.98. The van der Waals surface area contributed by atoms with E-state index in [1.54, 1.807) is 6.20 Å². The molecule has 1 amide bonds. The topological polar surface area (TPSA) is 79.4 Å². The van der Waals surface area contributed by atoms with Crippen molar-refractivity contribution in [3.63, 3.8) is 0 Å². The molecule has 3 heterocycles. The smallest absolute Gasteiger partial charge is 0.274 e. The Kier molecular flexibility index (Phi) is 6.37. The Balaban J connectivity index is 1.56. The van der Waals surface area contributed by atoms with E-state index in [4.69, 9.17) is 4.74 Å². The molecule has 2 fully saturated rings. The quantitative estimate of drug-likeness (QED) is 0.824. The Hall–Kier alpha value is -1.80. The van der Waals surface area contributed by atoms with Gasteiger partial charge in [0, 0.05) is 43.9 Å². The van der Waals surface area contributed by atoms with Crippen LogP contribution in [0.2, 0.25) is 0 Å². The Morgan fingerprint density at radius 2 is 2.15 bits per heavy atom. The molecule has 0 saturated carbocycles. The van der Waals surface area contributed by atoms with Crippen LogP contribution in [0.5, 0.6) is 0 Å². The van der Waals surface area contributed by atoms with Gasteiger partial charge in [-0.2, -0.15) is 5.10 Å². The molecule has 2 aliphatic heterocycles. The predicted octanol–water partition coefficient (Wildman–Crippen LogP) is 1.54. The average molecular weight is 365 g/mol. The van der Waals surface area contributed by atoms with Crippen molar-refractivity contribution in [3.8, 4) is 0 Å². The zero-order valence-corrected chi connectivity index (χ0v) is 15.5. The van der Waals surface area contributed by atoms with Crippen molar-refractivity contribution in [2.24, 2.45) is 0 Å². The van der Waals surface area contributed by atoms with Crippen LogP contribution in [-0.4, -0.2) is 72.1 Å². The number of nitrogens with zero attached hydrogens (tertiary/aromatic N) is 3. The first kappa shape index (κ1) is 19.0. The van der Waals surface area contributed by atoms with Crippen LogP contribution in [0.15, 0.2) is 6.20 Å². The van der Waals surface area contributed by atoms with Gasteiger partial charge in [0.05, 0.1) is 18.5 Å². The van der Waals surface area contributed by atoms with Crippen molar-refractivity contribution in [3.05, 3.63) is 17.5 Å². The molecule has 3 rings (SSSR count). The third-order valence-electron chi connectivity index (χ3n) is 5.19. The third kappa shape index (κ3) is 4.29. The molecule has 2 aliphatic rings. The summed E-state index contributed by atoms with van der Waals surface area (Å²) in [6, 6.07) is 0.0987. The van der Waals surface area contributed by atoms with Gasteiger partial charge in [0.1, 0.15) is 6.17 Å². The van der Waals surface area contributed by atoms with Crippen molar-refractivity contribution in [1.29, 1.82) is 0 Å². The van der Waals surface area contributed by atoms with Gasteiger partial charge in [0.15, 0.2) is 5.69 Å². The van der Waals surface area contributed by atoms with Crippen LogP contribution in [0.1, 0.15) is 42.2 Å². The van der Waals surface area contributed by atoms with Crippen LogP contribution in [-0.2, 0) is 4.74 Å². The molecule has 0 spiro atoms. The number of piperidine rings is 1. The van der Waals surface area contributed by atoms with E-state index in [1.807, 2.05) is 18.7 Å². The predicted molar refractivity (Wildman–Crippen MR) is 97.1 cm³/mol. The molecule has 2 atom stereocenters. The molecule has 1 aromatic heterocycles. The number of rotatable bonds is 5. The number of carbonyl (C=O) groups is 1. The lowest BCUT2D eigenvalue weighted by Gasteiger charge is -2.36. The first-order valence-electron chi connectivity index (χ1n) is 9.43. The van der Waals surface area contributed by atoms with Crippen LogP contribution < -0.4 is 10.6 Å². The Bertz CT molecular complexity index is 622. The van der Waals surface area contributed by atoms with Gasteiger partial charge in [0.25, 0.3) is 5.91 Å². The van der Waals surface area contributed by atoms with Gasteiger partial charge in [-0.1, -0.05) is 0 Å². The molecule has 0 aliphatic carbocycles. The van der Waals surface area contributed by atoms with E-state index >= 15 is 0 Å². The first-order valence-corrected chi connectivity index (χ1v) is 9.43. The summed E-state index contributed by atoms with van der Waals surface area (Å²) in [5.74, 6) is -0.0809. The number of anilines is 1. The summed E-state index contributed by atoms with van der Waals surface area (Å²) in [5, 5.41) is 14.6. The van der Waals surface area contributed by atoms with E-state index < -0.39 is 6.17 Å². The number of hydrogen-bond donors (Lipinski definition) is 2. The number of nitrogens with one attached hydrogen (secondary N) is 2. The van der Waals surface area contributed by atoms with Crippen molar-refractivity contribution in [1.82, 2.24) is 20.4 Å². The average Bonchev–Trinajstić information content (AvgIpc) is 2.66. The first-order chi connectivity index (χ1) is 12.6. The standard InChI is InChI=1S/C18H28FN5O2/c1-3-20-16-10-21-23-17(12(16)2)18(25)24-7-4-13(5-8-24)22-15-6-9-26-11-14(15)19/h10,13-15,22H,3-9,11H2,1-2H3,(H,20,23). The van der Waals surface area contributed by atoms with E-state index in [-0.39, 0.29) is 24.6 Å². The van der Waals surface area contributed by atoms with E-state index in [9.17, 15) is 9.18 Å². The van der Waals surface area contributed by atoms with Gasteiger partial charge in [0.2, 0.25) is 0 Å². The van der Waals surface area contributed by atoms with Gasteiger partial charge < -0.3 is 20.3 Å². The number of ether oxygens (including phenoxy) is 1. The fourth-order valence-electron chi connectivity index (χ4n) is 3.61. The fraction of sp³-hybridized carbons (Fsp3) is 0.722. The number of amides is 1. The van der Waals surface area contributed by atoms with Gasteiger partial charge in [-0.05, 0) is 33.1 Å². The summed E-state index contributed by atoms with van der Waals surface area (Å²) in [6.07, 6.45) is 3.03. The highest BCUT2D eigenvalue weighted by atomic mass is 19.1.